The normalized spacial score (nSPS) is 11.9. The topological polar surface area (TPSA) is 75.6 Å². The second-order valence-electron chi connectivity index (χ2n) is 3.45. The first kappa shape index (κ1) is 14.0. The molecule has 0 spiro atoms. The number of carboxylic acid groups (broad SMARTS) is 1. The summed E-state index contributed by atoms with van der Waals surface area (Å²) >= 11 is 0. The van der Waals surface area contributed by atoms with E-state index < -0.39 is 29.6 Å². The van der Waals surface area contributed by atoms with Crippen molar-refractivity contribution in [2.75, 3.05) is 13.7 Å². The van der Waals surface area contributed by atoms with E-state index >= 15 is 0 Å². The second-order valence-corrected chi connectivity index (χ2v) is 3.45. The van der Waals surface area contributed by atoms with Crippen LogP contribution >= 0.6 is 0 Å². The Labute approximate surface area is 101 Å². The Morgan fingerprint density at radius 3 is 2.56 bits per heavy atom. The van der Waals surface area contributed by atoms with E-state index in [1.807, 2.05) is 0 Å². The third-order valence-electron chi connectivity index (χ3n) is 2.12. The first-order valence-electron chi connectivity index (χ1n) is 4.93. The van der Waals surface area contributed by atoms with Gasteiger partial charge in [-0.25, -0.2) is 13.6 Å². The van der Waals surface area contributed by atoms with Crippen molar-refractivity contribution in [2.24, 2.45) is 0 Å². The second kappa shape index (κ2) is 6.06. The molecular weight excluding hydrogens is 248 g/mol. The van der Waals surface area contributed by atoms with Gasteiger partial charge in [0, 0.05) is 12.7 Å². The molecule has 1 unspecified atom stereocenters. The van der Waals surface area contributed by atoms with Gasteiger partial charge < -0.3 is 15.2 Å². The maximum atomic E-state index is 12.9. The zero-order valence-electron chi connectivity index (χ0n) is 9.44. The van der Waals surface area contributed by atoms with E-state index in [-0.39, 0.29) is 12.2 Å². The Bertz CT molecular complexity index is 464. The van der Waals surface area contributed by atoms with Crippen LogP contribution in [0.2, 0.25) is 0 Å². The van der Waals surface area contributed by atoms with Crippen LogP contribution in [-0.4, -0.2) is 36.7 Å². The highest BCUT2D eigenvalue weighted by molar-refractivity contribution is 5.96. The van der Waals surface area contributed by atoms with E-state index in [0.29, 0.717) is 6.07 Å². The molecule has 18 heavy (non-hydrogen) atoms. The summed E-state index contributed by atoms with van der Waals surface area (Å²) < 4.78 is 30.2. The summed E-state index contributed by atoms with van der Waals surface area (Å²) in [5.74, 6) is -4.37. The molecule has 1 aromatic rings. The summed E-state index contributed by atoms with van der Waals surface area (Å²) in [6.07, 6.45) is 0. The van der Waals surface area contributed by atoms with Crippen molar-refractivity contribution < 1.29 is 28.2 Å². The molecule has 0 radical (unpaired) electrons. The zero-order chi connectivity index (χ0) is 13.7. The summed E-state index contributed by atoms with van der Waals surface area (Å²) in [7, 11) is 1.28. The van der Waals surface area contributed by atoms with E-state index in [0.717, 1.165) is 12.1 Å². The molecule has 0 saturated heterocycles. The van der Waals surface area contributed by atoms with Gasteiger partial charge in [-0.3, -0.25) is 4.79 Å². The van der Waals surface area contributed by atoms with E-state index in [1.54, 1.807) is 0 Å². The lowest BCUT2D eigenvalue weighted by atomic mass is 10.2. The lowest BCUT2D eigenvalue weighted by Crippen LogP contribution is -2.43. The van der Waals surface area contributed by atoms with Gasteiger partial charge in [0.05, 0.1) is 6.61 Å². The number of aliphatic carboxylic acids is 1. The Kier molecular flexibility index (Phi) is 4.73. The number of hydrogen-bond donors (Lipinski definition) is 2. The van der Waals surface area contributed by atoms with E-state index in [9.17, 15) is 18.4 Å². The molecule has 0 aromatic heterocycles. The summed E-state index contributed by atoms with van der Waals surface area (Å²) in [5, 5.41) is 10.9. The highest BCUT2D eigenvalue weighted by Gasteiger charge is 2.20. The van der Waals surface area contributed by atoms with Gasteiger partial charge in [-0.2, -0.15) is 0 Å². The number of halogens is 2. The fraction of sp³-hybridized carbons (Fsp3) is 0.273. The number of benzene rings is 1. The minimum Gasteiger partial charge on any atom is -0.480 e. The number of hydrogen-bond acceptors (Lipinski definition) is 3. The molecule has 0 aliphatic carbocycles. The van der Waals surface area contributed by atoms with Crippen LogP contribution in [0, 0.1) is 11.6 Å². The van der Waals surface area contributed by atoms with Crippen molar-refractivity contribution in [3.05, 3.63) is 35.4 Å². The number of nitrogens with one attached hydrogen (secondary N) is 1. The van der Waals surface area contributed by atoms with Crippen molar-refractivity contribution in [1.82, 2.24) is 5.32 Å². The SMILES string of the molecule is COCC(NC(=O)c1ccc(F)c(F)c1)C(=O)O. The molecule has 1 amide bonds. The van der Waals surface area contributed by atoms with Crippen LogP contribution in [0.25, 0.3) is 0 Å². The van der Waals surface area contributed by atoms with Crippen LogP contribution < -0.4 is 5.32 Å². The molecule has 0 fully saturated rings. The Hall–Kier alpha value is -2.02. The van der Waals surface area contributed by atoms with Gasteiger partial charge >= 0.3 is 5.97 Å². The van der Waals surface area contributed by atoms with Crippen molar-refractivity contribution in [1.29, 1.82) is 0 Å². The molecule has 0 bridgehead atoms. The molecule has 0 aliphatic rings. The van der Waals surface area contributed by atoms with Crippen molar-refractivity contribution in [3.8, 4) is 0 Å². The zero-order valence-corrected chi connectivity index (χ0v) is 9.44. The van der Waals surface area contributed by atoms with E-state index in [1.165, 1.54) is 7.11 Å². The predicted molar refractivity (Wildman–Crippen MR) is 57.1 cm³/mol. The van der Waals surface area contributed by atoms with Gasteiger partial charge in [-0.15, -0.1) is 0 Å². The van der Waals surface area contributed by atoms with Crippen LogP contribution in [0.15, 0.2) is 18.2 Å². The van der Waals surface area contributed by atoms with Crippen molar-refractivity contribution in [2.45, 2.75) is 6.04 Å². The Balaban J connectivity index is 2.80. The van der Waals surface area contributed by atoms with Gasteiger partial charge in [0.15, 0.2) is 17.7 Å². The number of carboxylic acids is 1. The molecule has 1 rings (SSSR count). The molecule has 7 heteroatoms. The van der Waals surface area contributed by atoms with Crippen LogP contribution in [0.1, 0.15) is 10.4 Å². The molecule has 1 atom stereocenters. The lowest BCUT2D eigenvalue weighted by molar-refractivity contribution is -0.140. The summed E-state index contributed by atoms with van der Waals surface area (Å²) in [6.45, 7) is -0.231. The number of carbonyl (C=O) groups excluding carboxylic acids is 1. The Morgan fingerprint density at radius 2 is 2.06 bits per heavy atom. The maximum absolute atomic E-state index is 12.9. The molecule has 5 nitrogen and oxygen atoms in total. The maximum Gasteiger partial charge on any atom is 0.328 e. The van der Waals surface area contributed by atoms with Crippen molar-refractivity contribution >= 4 is 11.9 Å². The third kappa shape index (κ3) is 3.49. The van der Waals surface area contributed by atoms with Gasteiger partial charge in [0.2, 0.25) is 0 Å². The number of methoxy groups -OCH3 is 1. The monoisotopic (exact) mass is 259 g/mol. The average Bonchev–Trinajstić information content (AvgIpc) is 2.31. The van der Waals surface area contributed by atoms with Crippen LogP contribution in [0.5, 0.6) is 0 Å². The number of ether oxygens (including phenoxy) is 1. The van der Waals surface area contributed by atoms with E-state index in [2.05, 4.69) is 10.1 Å². The highest BCUT2D eigenvalue weighted by atomic mass is 19.2. The summed E-state index contributed by atoms with van der Waals surface area (Å²) in [4.78, 5) is 22.3. The quantitative estimate of drug-likeness (QED) is 0.819. The standard InChI is InChI=1S/C11H11F2NO4/c1-18-5-9(11(16)17)14-10(15)6-2-3-7(12)8(13)4-6/h2-4,9H,5H2,1H3,(H,14,15)(H,16,17). The highest BCUT2D eigenvalue weighted by Crippen LogP contribution is 2.08. The minimum atomic E-state index is -1.28. The van der Waals surface area contributed by atoms with Gasteiger partial charge in [0.25, 0.3) is 5.91 Å². The molecule has 1 aromatic carbocycles. The smallest absolute Gasteiger partial charge is 0.328 e. The first-order chi connectivity index (χ1) is 8.45. The molecule has 98 valence electrons. The largest absolute Gasteiger partial charge is 0.480 e. The molecular formula is C11H11F2NO4. The fourth-order valence-electron chi connectivity index (χ4n) is 1.22. The summed E-state index contributed by atoms with van der Waals surface area (Å²) in [6, 6.07) is 1.28. The summed E-state index contributed by atoms with van der Waals surface area (Å²) in [5.41, 5.74) is -0.170. The number of carbonyl (C=O) groups is 2. The molecule has 0 aliphatic heterocycles. The average molecular weight is 259 g/mol. The number of rotatable bonds is 5. The predicted octanol–water partition coefficient (Wildman–Crippen LogP) is 0.794. The third-order valence-corrected chi connectivity index (χ3v) is 2.12. The molecule has 0 saturated carbocycles. The molecule has 2 N–H and O–H groups in total. The van der Waals surface area contributed by atoms with Crippen LogP contribution in [0.3, 0.4) is 0 Å². The van der Waals surface area contributed by atoms with Gasteiger partial charge in [-0.05, 0) is 18.2 Å². The van der Waals surface area contributed by atoms with Crippen LogP contribution in [0.4, 0.5) is 8.78 Å². The Morgan fingerprint density at radius 1 is 1.39 bits per heavy atom. The van der Waals surface area contributed by atoms with Crippen LogP contribution in [-0.2, 0) is 9.53 Å². The van der Waals surface area contributed by atoms with Crippen molar-refractivity contribution in [3.63, 3.8) is 0 Å². The lowest BCUT2D eigenvalue weighted by Gasteiger charge is -2.13. The first-order valence-corrected chi connectivity index (χ1v) is 4.93. The van der Waals surface area contributed by atoms with Gasteiger partial charge in [-0.1, -0.05) is 0 Å². The van der Waals surface area contributed by atoms with Gasteiger partial charge in [0.1, 0.15) is 0 Å². The molecule has 0 heterocycles. The van der Waals surface area contributed by atoms with E-state index in [4.69, 9.17) is 5.11 Å². The fourth-order valence-corrected chi connectivity index (χ4v) is 1.22. The minimum absolute atomic E-state index is 0.170. The number of amides is 1.